The highest BCUT2D eigenvalue weighted by atomic mass is 15.3. The van der Waals surface area contributed by atoms with E-state index >= 15 is 0 Å². The van der Waals surface area contributed by atoms with Crippen LogP contribution in [0.2, 0.25) is 0 Å². The Morgan fingerprint density at radius 1 is 1.00 bits per heavy atom. The van der Waals surface area contributed by atoms with Gasteiger partial charge in [0.05, 0.1) is 0 Å². The van der Waals surface area contributed by atoms with Gasteiger partial charge in [-0.25, -0.2) is 0 Å². The second kappa shape index (κ2) is 7.24. The molecule has 0 amide bonds. The van der Waals surface area contributed by atoms with Gasteiger partial charge in [-0.3, -0.25) is 16.2 Å². The van der Waals surface area contributed by atoms with E-state index in [0.29, 0.717) is 17.5 Å². The lowest BCUT2D eigenvalue weighted by Crippen LogP contribution is -2.64. The van der Waals surface area contributed by atoms with E-state index < -0.39 is 0 Å². The van der Waals surface area contributed by atoms with Gasteiger partial charge in [0.2, 0.25) is 0 Å². The van der Waals surface area contributed by atoms with Crippen molar-refractivity contribution in [2.24, 2.45) is 17.7 Å². The van der Waals surface area contributed by atoms with Gasteiger partial charge in [0.25, 0.3) is 0 Å². The monoisotopic (exact) mass is 281 g/mol. The highest BCUT2D eigenvalue weighted by Crippen LogP contribution is 2.42. The van der Waals surface area contributed by atoms with Crippen molar-refractivity contribution in [3.63, 3.8) is 0 Å². The number of nitrogens with zero attached hydrogens (tertiary/aromatic N) is 1. The van der Waals surface area contributed by atoms with Gasteiger partial charge in [0.15, 0.2) is 0 Å². The maximum absolute atomic E-state index is 6.04. The van der Waals surface area contributed by atoms with Gasteiger partial charge in [0.1, 0.15) is 0 Å². The maximum Gasteiger partial charge on any atom is 0.0420 e. The highest BCUT2D eigenvalue weighted by Gasteiger charge is 2.47. The third-order valence-electron chi connectivity index (χ3n) is 5.63. The van der Waals surface area contributed by atoms with Crippen LogP contribution in [0, 0.1) is 11.8 Å². The molecule has 3 heteroatoms. The van der Waals surface area contributed by atoms with Crippen LogP contribution in [0.4, 0.5) is 0 Å². The van der Waals surface area contributed by atoms with Crippen LogP contribution in [0.3, 0.4) is 0 Å². The van der Waals surface area contributed by atoms with Crippen molar-refractivity contribution in [2.75, 3.05) is 13.1 Å². The minimum atomic E-state index is 0.337. The molecule has 2 rings (SSSR count). The van der Waals surface area contributed by atoms with Crippen molar-refractivity contribution in [1.29, 1.82) is 0 Å². The first-order valence-corrected chi connectivity index (χ1v) is 8.81. The fraction of sp³-hybridized carbons (Fsp3) is 1.00. The summed E-state index contributed by atoms with van der Waals surface area (Å²) in [6, 6.07) is 0.450. The molecular formula is C17H35N3. The van der Waals surface area contributed by atoms with E-state index in [1.54, 1.807) is 0 Å². The number of nitrogens with one attached hydrogen (secondary N) is 1. The zero-order valence-electron chi connectivity index (χ0n) is 13.8. The van der Waals surface area contributed by atoms with E-state index in [1.807, 2.05) is 0 Å². The molecule has 0 spiro atoms. The Bertz CT molecular complexity index is 278. The Morgan fingerprint density at radius 3 is 2.10 bits per heavy atom. The van der Waals surface area contributed by atoms with Crippen molar-refractivity contribution in [2.45, 2.75) is 83.7 Å². The Labute approximate surface area is 125 Å². The summed E-state index contributed by atoms with van der Waals surface area (Å²) in [5.74, 6) is 7.45. The maximum atomic E-state index is 6.04. The minimum Gasteiger partial charge on any atom is -0.296 e. The van der Waals surface area contributed by atoms with E-state index in [9.17, 15) is 0 Å². The first-order chi connectivity index (χ1) is 9.60. The Morgan fingerprint density at radius 2 is 1.60 bits per heavy atom. The van der Waals surface area contributed by atoms with Crippen LogP contribution in [0.25, 0.3) is 0 Å². The van der Waals surface area contributed by atoms with E-state index in [1.165, 1.54) is 64.5 Å². The summed E-state index contributed by atoms with van der Waals surface area (Å²) in [7, 11) is 0. The summed E-state index contributed by atoms with van der Waals surface area (Å²) in [5.41, 5.74) is 3.58. The van der Waals surface area contributed by atoms with Gasteiger partial charge in [-0.05, 0) is 57.0 Å². The molecular weight excluding hydrogens is 246 g/mol. The average Bonchev–Trinajstić information content (AvgIpc) is 2.90. The molecule has 0 aromatic carbocycles. The molecule has 1 aliphatic heterocycles. The van der Waals surface area contributed by atoms with Crippen molar-refractivity contribution < 1.29 is 0 Å². The number of hydrazine groups is 1. The first-order valence-electron chi connectivity index (χ1n) is 8.81. The van der Waals surface area contributed by atoms with Gasteiger partial charge in [-0.15, -0.1) is 0 Å². The largest absolute Gasteiger partial charge is 0.296 e. The van der Waals surface area contributed by atoms with Crippen LogP contribution in [0.15, 0.2) is 0 Å². The zero-order valence-corrected chi connectivity index (χ0v) is 13.8. The van der Waals surface area contributed by atoms with Gasteiger partial charge in [0, 0.05) is 11.6 Å². The van der Waals surface area contributed by atoms with Crippen LogP contribution in [0.1, 0.15) is 72.1 Å². The molecule has 2 unspecified atom stereocenters. The molecule has 0 aromatic heterocycles. The lowest BCUT2D eigenvalue weighted by Gasteiger charge is -2.50. The Kier molecular flexibility index (Phi) is 5.88. The molecule has 3 nitrogen and oxygen atoms in total. The van der Waals surface area contributed by atoms with Crippen LogP contribution >= 0.6 is 0 Å². The van der Waals surface area contributed by atoms with Crippen LogP contribution in [0.5, 0.6) is 0 Å². The molecule has 2 aliphatic rings. The second-order valence-corrected chi connectivity index (χ2v) is 7.61. The summed E-state index contributed by atoms with van der Waals surface area (Å²) in [4.78, 5) is 2.80. The minimum absolute atomic E-state index is 0.337. The number of rotatable bonds is 6. The molecule has 3 N–H and O–H groups in total. The standard InChI is InChI=1S/C17H35N3/c1-14(2)13-15(3)16(19-18)17(9-5-6-10-17)20-11-7-4-8-12-20/h14-16,19H,4-13,18H2,1-3H3. The number of piperidine rings is 1. The molecule has 0 bridgehead atoms. The quantitative estimate of drug-likeness (QED) is 0.580. The average molecular weight is 281 g/mol. The summed E-state index contributed by atoms with van der Waals surface area (Å²) in [6.07, 6.45) is 10.9. The molecule has 2 atom stereocenters. The number of nitrogens with two attached hydrogens (primary N) is 1. The van der Waals surface area contributed by atoms with Crippen LogP contribution in [-0.4, -0.2) is 29.6 Å². The van der Waals surface area contributed by atoms with E-state index in [-0.39, 0.29) is 0 Å². The smallest absolute Gasteiger partial charge is 0.0420 e. The predicted octanol–water partition coefficient (Wildman–Crippen LogP) is 3.30. The SMILES string of the molecule is CC(C)CC(C)C(NN)C1(N2CCCCC2)CCCC1. The normalized spacial score (nSPS) is 26.9. The van der Waals surface area contributed by atoms with Gasteiger partial charge >= 0.3 is 0 Å². The molecule has 1 saturated heterocycles. The molecule has 118 valence electrons. The molecule has 1 saturated carbocycles. The molecule has 2 fully saturated rings. The van der Waals surface area contributed by atoms with Crippen molar-refractivity contribution >= 4 is 0 Å². The Hall–Kier alpha value is -0.120. The van der Waals surface area contributed by atoms with Gasteiger partial charge in [-0.2, -0.15) is 0 Å². The van der Waals surface area contributed by atoms with Gasteiger partial charge < -0.3 is 0 Å². The van der Waals surface area contributed by atoms with E-state index in [2.05, 4.69) is 31.1 Å². The summed E-state index contributed by atoms with van der Waals surface area (Å²) >= 11 is 0. The van der Waals surface area contributed by atoms with Crippen LogP contribution < -0.4 is 11.3 Å². The Balaban J connectivity index is 2.15. The lowest BCUT2D eigenvalue weighted by molar-refractivity contribution is 0.0162. The second-order valence-electron chi connectivity index (χ2n) is 7.61. The topological polar surface area (TPSA) is 41.3 Å². The van der Waals surface area contributed by atoms with E-state index in [4.69, 9.17) is 5.84 Å². The van der Waals surface area contributed by atoms with Crippen LogP contribution in [-0.2, 0) is 0 Å². The predicted molar refractivity (Wildman–Crippen MR) is 86.4 cm³/mol. The fourth-order valence-corrected chi connectivity index (χ4v) is 4.88. The number of hydrogen-bond acceptors (Lipinski definition) is 3. The van der Waals surface area contributed by atoms with Crippen molar-refractivity contribution in [1.82, 2.24) is 10.3 Å². The summed E-state index contributed by atoms with van der Waals surface area (Å²) in [5, 5.41) is 0. The number of likely N-dealkylation sites (tertiary alicyclic amines) is 1. The molecule has 1 heterocycles. The van der Waals surface area contributed by atoms with E-state index in [0.717, 1.165) is 5.92 Å². The fourth-order valence-electron chi connectivity index (χ4n) is 4.88. The summed E-state index contributed by atoms with van der Waals surface area (Å²) < 4.78 is 0. The first kappa shape index (κ1) is 16.3. The molecule has 1 aliphatic carbocycles. The molecule has 0 aromatic rings. The van der Waals surface area contributed by atoms with Crippen molar-refractivity contribution in [3.8, 4) is 0 Å². The third-order valence-corrected chi connectivity index (χ3v) is 5.63. The molecule has 0 radical (unpaired) electrons. The lowest BCUT2D eigenvalue weighted by atomic mass is 9.76. The third kappa shape index (κ3) is 3.37. The summed E-state index contributed by atoms with van der Waals surface area (Å²) in [6.45, 7) is 9.62. The number of hydrogen-bond donors (Lipinski definition) is 2. The zero-order chi connectivity index (χ0) is 14.6. The van der Waals surface area contributed by atoms with Crippen molar-refractivity contribution in [3.05, 3.63) is 0 Å². The highest BCUT2D eigenvalue weighted by molar-refractivity contribution is 5.05. The molecule has 20 heavy (non-hydrogen) atoms. The van der Waals surface area contributed by atoms with Gasteiger partial charge in [-0.1, -0.05) is 40.0 Å².